The number of amides is 4. The van der Waals surface area contributed by atoms with E-state index < -0.39 is 29.7 Å². The first kappa shape index (κ1) is 26.5. The van der Waals surface area contributed by atoms with Gasteiger partial charge in [0.1, 0.15) is 6.04 Å². The van der Waals surface area contributed by atoms with Gasteiger partial charge in [-0.1, -0.05) is 41.9 Å². The minimum atomic E-state index is -1.04. The van der Waals surface area contributed by atoms with Gasteiger partial charge in [0.2, 0.25) is 5.91 Å². The first-order valence-corrected chi connectivity index (χ1v) is 13.3. The number of nitrogens with one attached hydrogen (secondary N) is 3. The van der Waals surface area contributed by atoms with Crippen molar-refractivity contribution in [1.82, 2.24) is 10.2 Å². The van der Waals surface area contributed by atoms with Crippen molar-refractivity contribution in [3.8, 4) is 0 Å². The molecular weight excluding hydrogens is 544 g/mol. The first-order chi connectivity index (χ1) is 18.8. The van der Waals surface area contributed by atoms with E-state index in [1.807, 2.05) is 30.3 Å². The summed E-state index contributed by atoms with van der Waals surface area (Å²) in [6.07, 6.45) is -0.594. The molecule has 0 bridgehead atoms. The summed E-state index contributed by atoms with van der Waals surface area (Å²) in [6, 6.07) is 16.8. The Morgan fingerprint density at radius 2 is 1.97 bits per heavy atom. The maximum absolute atomic E-state index is 13.9. The van der Waals surface area contributed by atoms with Crippen molar-refractivity contribution in [3.05, 3.63) is 81.7 Å². The lowest BCUT2D eigenvalue weighted by molar-refractivity contribution is -0.133. The van der Waals surface area contributed by atoms with Gasteiger partial charge in [0.15, 0.2) is 5.60 Å². The highest BCUT2D eigenvalue weighted by atomic mass is 35.5. The zero-order valence-electron chi connectivity index (χ0n) is 20.9. The quantitative estimate of drug-likeness (QED) is 0.399. The van der Waals surface area contributed by atoms with Crippen LogP contribution in [-0.2, 0) is 26.3 Å². The van der Waals surface area contributed by atoms with Gasteiger partial charge in [-0.05, 0) is 35.9 Å². The van der Waals surface area contributed by atoms with E-state index >= 15 is 0 Å². The standard InChI is InChI=1S/C27H25ClN4O6S/c1-37-25(35)31-22-10-9-21(39-22)23(33)29-20(13-16-5-3-2-4-6-16)24(34)32-12-11-27(15-32)18-14-17(28)7-8-19(18)30-26(36)38-27/h2-10,14,20H,11-13,15H2,1H3,(H,29,33)(H,30,36)(H,31,35). The Bertz CT molecular complexity index is 1430. The van der Waals surface area contributed by atoms with Crippen LogP contribution in [0.5, 0.6) is 0 Å². The van der Waals surface area contributed by atoms with Crippen LogP contribution in [0.1, 0.15) is 27.2 Å². The number of carbonyl (C=O) groups excluding carboxylic acids is 4. The maximum Gasteiger partial charge on any atom is 0.412 e. The third kappa shape index (κ3) is 5.69. The summed E-state index contributed by atoms with van der Waals surface area (Å²) in [7, 11) is 1.25. The maximum atomic E-state index is 13.9. The zero-order valence-corrected chi connectivity index (χ0v) is 22.4. The number of methoxy groups -OCH3 is 1. The molecule has 2 aromatic carbocycles. The van der Waals surface area contributed by atoms with Gasteiger partial charge < -0.3 is 19.7 Å². The number of rotatable bonds is 6. The van der Waals surface area contributed by atoms with Crippen LogP contribution in [0.3, 0.4) is 0 Å². The Morgan fingerprint density at radius 1 is 1.18 bits per heavy atom. The zero-order chi connectivity index (χ0) is 27.6. The first-order valence-electron chi connectivity index (χ1n) is 12.1. The van der Waals surface area contributed by atoms with Crippen molar-refractivity contribution in [2.24, 2.45) is 0 Å². The fourth-order valence-corrected chi connectivity index (χ4v) is 5.79. The molecule has 4 amide bonds. The third-order valence-electron chi connectivity index (χ3n) is 6.67. The summed E-state index contributed by atoms with van der Waals surface area (Å²) in [5, 5.41) is 9.00. The van der Waals surface area contributed by atoms with E-state index in [4.69, 9.17) is 16.3 Å². The lowest BCUT2D eigenvalue weighted by atomic mass is 9.90. The van der Waals surface area contributed by atoms with Crippen molar-refractivity contribution >= 4 is 57.6 Å². The van der Waals surface area contributed by atoms with Gasteiger partial charge >= 0.3 is 12.2 Å². The van der Waals surface area contributed by atoms with E-state index in [0.717, 1.165) is 16.9 Å². The van der Waals surface area contributed by atoms with Crippen molar-refractivity contribution in [3.63, 3.8) is 0 Å². The molecule has 1 spiro atoms. The molecule has 202 valence electrons. The summed E-state index contributed by atoms with van der Waals surface area (Å²) < 4.78 is 10.3. The van der Waals surface area contributed by atoms with Gasteiger partial charge in [0.05, 0.1) is 29.2 Å². The number of ether oxygens (including phenoxy) is 2. The Kier molecular flexibility index (Phi) is 7.45. The van der Waals surface area contributed by atoms with E-state index in [9.17, 15) is 19.2 Å². The normalized spacial score (nSPS) is 18.5. The molecule has 10 nitrogen and oxygen atoms in total. The third-order valence-corrected chi connectivity index (χ3v) is 7.90. The number of carbonyl (C=O) groups is 4. The largest absolute Gasteiger partial charge is 0.453 e. The van der Waals surface area contributed by atoms with E-state index in [-0.39, 0.29) is 18.9 Å². The molecule has 1 aromatic heterocycles. The summed E-state index contributed by atoms with van der Waals surface area (Å²) in [5.74, 6) is -0.752. The number of halogens is 1. The second-order valence-electron chi connectivity index (χ2n) is 9.20. The second-order valence-corrected chi connectivity index (χ2v) is 10.7. The predicted molar refractivity (Wildman–Crippen MR) is 146 cm³/mol. The van der Waals surface area contributed by atoms with Crippen molar-refractivity contribution in [2.75, 3.05) is 30.8 Å². The average Bonchev–Trinajstić information content (AvgIpc) is 3.57. The molecule has 2 atom stereocenters. The van der Waals surface area contributed by atoms with E-state index in [1.165, 1.54) is 7.11 Å². The molecule has 0 aliphatic carbocycles. The number of hydrogen-bond acceptors (Lipinski definition) is 7. The van der Waals surface area contributed by atoms with Crippen molar-refractivity contribution in [2.45, 2.75) is 24.5 Å². The lowest BCUT2D eigenvalue weighted by Gasteiger charge is -2.35. The number of hydrogen-bond donors (Lipinski definition) is 3. The minimum absolute atomic E-state index is 0.125. The number of thiophene rings is 1. The van der Waals surface area contributed by atoms with Crippen LogP contribution in [0.4, 0.5) is 20.3 Å². The number of nitrogens with zero attached hydrogens (tertiary/aromatic N) is 1. The van der Waals surface area contributed by atoms with E-state index in [0.29, 0.717) is 39.1 Å². The van der Waals surface area contributed by atoms with Gasteiger partial charge in [-0.15, -0.1) is 11.3 Å². The molecule has 39 heavy (non-hydrogen) atoms. The highest BCUT2D eigenvalue weighted by molar-refractivity contribution is 7.18. The fourth-order valence-electron chi connectivity index (χ4n) is 4.82. The smallest absolute Gasteiger partial charge is 0.412 e. The molecule has 3 N–H and O–H groups in total. The summed E-state index contributed by atoms with van der Waals surface area (Å²) in [6.45, 7) is 0.450. The highest BCUT2D eigenvalue weighted by Crippen LogP contribution is 2.44. The number of fused-ring (bicyclic) bond motifs is 2. The van der Waals surface area contributed by atoms with Crippen LogP contribution in [0.25, 0.3) is 0 Å². The second kappa shape index (κ2) is 11.0. The molecular formula is C27H25ClN4O6S. The molecule has 2 unspecified atom stereocenters. The van der Waals surface area contributed by atoms with Crippen LogP contribution < -0.4 is 16.0 Å². The van der Waals surface area contributed by atoms with Crippen molar-refractivity contribution < 1.29 is 28.7 Å². The molecule has 3 aromatic rings. The van der Waals surface area contributed by atoms with Crippen LogP contribution in [0, 0.1) is 0 Å². The molecule has 2 aliphatic heterocycles. The number of likely N-dealkylation sites (tertiary alicyclic amines) is 1. The molecule has 1 fully saturated rings. The molecule has 2 aliphatic rings. The van der Waals surface area contributed by atoms with Crippen LogP contribution in [0.2, 0.25) is 5.02 Å². The van der Waals surface area contributed by atoms with Crippen LogP contribution in [-0.4, -0.2) is 55.1 Å². The van der Waals surface area contributed by atoms with Crippen LogP contribution in [0.15, 0.2) is 60.7 Å². The lowest BCUT2D eigenvalue weighted by Crippen LogP contribution is -2.50. The monoisotopic (exact) mass is 568 g/mol. The number of benzene rings is 2. The Labute approximate surface area is 233 Å². The molecule has 0 saturated carbocycles. The van der Waals surface area contributed by atoms with Gasteiger partial charge in [0, 0.05) is 30.0 Å². The predicted octanol–water partition coefficient (Wildman–Crippen LogP) is 4.61. The van der Waals surface area contributed by atoms with E-state index in [2.05, 4.69) is 20.7 Å². The summed E-state index contributed by atoms with van der Waals surface area (Å²) >= 11 is 7.30. The summed E-state index contributed by atoms with van der Waals surface area (Å²) in [5.41, 5.74) is 1.13. The van der Waals surface area contributed by atoms with Crippen LogP contribution >= 0.6 is 22.9 Å². The van der Waals surface area contributed by atoms with Gasteiger partial charge in [-0.3, -0.25) is 20.2 Å². The molecule has 12 heteroatoms. The topological polar surface area (TPSA) is 126 Å². The Balaban J connectivity index is 1.37. The van der Waals surface area contributed by atoms with Gasteiger partial charge in [0.25, 0.3) is 5.91 Å². The average molecular weight is 569 g/mol. The van der Waals surface area contributed by atoms with E-state index in [1.54, 1.807) is 35.2 Å². The Morgan fingerprint density at radius 3 is 2.74 bits per heavy atom. The molecule has 1 saturated heterocycles. The van der Waals surface area contributed by atoms with Gasteiger partial charge in [-0.2, -0.15) is 0 Å². The minimum Gasteiger partial charge on any atom is -0.453 e. The molecule has 0 radical (unpaired) electrons. The Hall–Kier alpha value is -4.09. The van der Waals surface area contributed by atoms with Gasteiger partial charge in [-0.25, -0.2) is 9.59 Å². The fraction of sp³-hybridized carbons (Fsp3) is 0.259. The highest BCUT2D eigenvalue weighted by Gasteiger charge is 2.49. The molecule has 5 rings (SSSR count). The summed E-state index contributed by atoms with van der Waals surface area (Å²) in [4.78, 5) is 52.8. The SMILES string of the molecule is COC(=O)Nc1ccc(C(=O)NC(Cc2ccccc2)C(=O)N2CCC3(C2)OC(=O)Nc2ccc(Cl)cc23)s1. The molecule has 3 heterocycles. The van der Waals surface area contributed by atoms with Crippen molar-refractivity contribution in [1.29, 1.82) is 0 Å². The number of anilines is 2.